The molecule has 0 bridgehead atoms. The number of nitrogens with one attached hydrogen (secondary N) is 2. The molecule has 7 nitrogen and oxygen atoms in total. The summed E-state index contributed by atoms with van der Waals surface area (Å²) in [5.74, 6) is 0.676. The Morgan fingerprint density at radius 3 is 2.73 bits per heavy atom. The molecule has 0 radical (unpaired) electrons. The highest BCUT2D eigenvalue weighted by Crippen LogP contribution is 2.32. The van der Waals surface area contributed by atoms with Crippen molar-refractivity contribution in [2.75, 3.05) is 16.0 Å². The first-order valence-electron chi connectivity index (χ1n) is 9.90. The summed E-state index contributed by atoms with van der Waals surface area (Å²) < 4.78 is 0. The molecular formula is C22H23N5O2S. The monoisotopic (exact) mass is 421 g/mol. The normalized spacial score (nSPS) is 16.0. The molecule has 0 fully saturated rings. The Hall–Kier alpha value is -3.13. The molecule has 2 heterocycles. The predicted octanol–water partition coefficient (Wildman–Crippen LogP) is 3.89. The third-order valence-corrected chi connectivity index (χ3v) is 5.89. The van der Waals surface area contributed by atoms with E-state index in [9.17, 15) is 9.59 Å². The topological polar surface area (TPSA) is 91.0 Å². The van der Waals surface area contributed by atoms with E-state index < -0.39 is 0 Å². The Balaban J connectivity index is 1.47. The van der Waals surface area contributed by atoms with Gasteiger partial charge in [-0.05, 0) is 31.0 Å². The molecule has 8 heteroatoms. The van der Waals surface area contributed by atoms with Gasteiger partial charge in [0.2, 0.25) is 17.0 Å². The van der Waals surface area contributed by atoms with Gasteiger partial charge in [0.15, 0.2) is 5.82 Å². The number of rotatable bonds is 5. The number of amides is 2. The number of hydrogen-bond acceptors (Lipinski definition) is 5. The lowest BCUT2D eigenvalue weighted by atomic mass is 10.1. The summed E-state index contributed by atoms with van der Waals surface area (Å²) in [4.78, 5) is 31.4. The molecule has 1 atom stereocenters. The van der Waals surface area contributed by atoms with Gasteiger partial charge >= 0.3 is 0 Å². The van der Waals surface area contributed by atoms with E-state index in [0.29, 0.717) is 22.4 Å². The molecule has 2 aromatic carbocycles. The van der Waals surface area contributed by atoms with Crippen molar-refractivity contribution in [2.24, 2.45) is 0 Å². The predicted molar refractivity (Wildman–Crippen MR) is 119 cm³/mol. The average molecular weight is 422 g/mol. The number of H-pyrrole nitrogens is 1. The summed E-state index contributed by atoms with van der Waals surface area (Å²) in [5.41, 5.74) is 3.59. The molecule has 0 aliphatic carbocycles. The van der Waals surface area contributed by atoms with Crippen molar-refractivity contribution >= 4 is 35.0 Å². The number of carbonyl (C=O) groups is 2. The highest BCUT2D eigenvalue weighted by atomic mass is 32.2. The average Bonchev–Trinajstić information content (AvgIpc) is 3.17. The maximum atomic E-state index is 13.1. The van der Waals surface area contributed by atoms with Crippen molar-refractivity contribution in [1.82, 2.24) is 15.2 Å². The largest absolute Gasteiger partial charge is 0.324 e. The van der Waals surface area contributed by atoms with Gasteiger partial charge in [-0.3, -0.25) is 14.7 Å². The van der Waals surface area contributed by atoms with Crippen LogP contribution in [0.15, 0.2) is 53.7 Å². The number of anilines is 2. The molecule has 2 N–H and O–H groups in total. The lowest BCUT2D eigenvalue weighted by Gasteiger charge is -2.27. The number of nitrogens with zero attached hydrogens (tertiary/aromatic N) is 3. The maximum absolute atomic E-state index is 13.1. The number of benzene rings is 2. The fraction of sp³-hybridized carbons (Fsp3) is 0.273. The quantitative estimate of drug-likeness (QED) is 0.610. The molecular weight excluding hydrogens is 398 g/mol. The maximum Gasteiger partial charge on any atom is 0.237 e. The molecule has 0 spiro atoms. The number of carbonyl (C=O) groups excluding carboxylic acids is 2. The van der Waals surface area contributed by atoms with Gasteiger partial charge in [0.05, 0.1) is 17.1 Å². The Bertz CT molecular complexity index is 1060. The Morgan fingerprint density at radius 2 is 1.97 bits per heavy atom. The minimum atomic E-state index is -0.235. The highest BCUT2D eigenvalue weighted by Gasteiger charge is 2.29. The summed E-state index contributed by atoms with van der Waals surface area (Å²) in [6, 6.07) is 15.3. The van der Waals surface area contributed by atoms with Crippen LogP contribution in [0.2, 0.25) is 0 Å². The van der Waals surface area contributed by atoms with E-state index in [-0.39, 0.29) is 30.0 Å². The first-order chi connectivity index (χ1) is 14.5. The summed E-state index contributed by atoms with van der Waals surface area (Å²) in [6.45, 7) is 4.00. The third-order valence-electron chi connectivity index (χ3n) is 5.05. The summed E-state index contributed by atoms with van der Waals surface area (Å²) >= 11 is 1.28. The van der Waals surface area contributed by atoms with Crippen molar-refractivity contribution in [2.45, 2.75) is 37.9 Å². The van der Waals surface area contributed by atoms with Gasteiger partial charge in [0.25, 0.3) is 0 Å². The first kappa shape index (κ1) is 20.2. The second-order valence-electron chi connectivity index (χ2n) is 7.19. The van der Waals surface area contributed by atoms with E-state index in [4.69, 9.17) is 0 Å². The van der Waals surface area contributed by atoms with Crippen LogP contribution >= 0.6 is 11.8 Å². The van der Waals surface area contributed by atoms with E-state index in [1.165, 1.54) is 17.3 Å². The second kappa shape index (κ2) is 8.71. The second-order valence-corrected chi connectivity index (χ2v) is 8.13. The SMILES string of the molecule is CCc1ccc(-c2nc(SCC(=O)N3c4ccccc4NC(=O)CC3C)n[nH]2)cc1. The zero-order valence-electron chi connectivity index (χ0n) is 16.9. The Kier molecular flexibility index (Phi) is 5.85. The number of para-hydroxylation sites is 2. The van der Waals surface area contributed by atoms with Gasteiger partial charge in [0.1, 0.15) is 0 Å². The minimum Gasteiger partial charge on any atom is -0.324 e. The molecule has 154 valence electrons. The first-order valence-corrected chi connectivity index (χ1v) is 10.9. The Morgan fingerprint density at radius 1 is 1.20 bits per heavy atom. The van der Waals surface area contributed by atoms with Crippen LogP contribution in [0.5, 0.6) is 0 Å². The standard InChI is InChI=1S/C22H23N5O2S/c1-3-15-8-10-16(11-9-15)21-24-22(26-25-21)30-13-20(29)27-14(2)12-19(28)23-17-6-4-5-7-18(17)27/h4-11,14H,3,12-13H2,1-2H3,(H,23,28)(H,24,25,26). The van der Waals surface area contributed by atoms with Gasteiger partial charge < -0.3 is 10.2 Å². The Labute approximate surface area is 179 Å². The van der Waals surface area contributed by atoms with Crippen LogP contribution in [0.3, 0.4) is 0 Å². The number of aromatic nitrogens is 3. The number of hydrogen-bond donors (Lipinski definition) is 2. The zero-order valence-corrected chi connectivity index (χ0v) is 17.7. The van der Waals surface area contributed by atoms with Gasteiger partial charge in [0, 0.05) is 18.0 Å². The molecule has 1 aromatic heterocycles. The van der Waals surface area contributed by atoms with Gasteiger partial charge in [-0.15, -0.1) is 5.10 Å². The zero-order chi connectivity index (χ0) is 21.1. The van der Waals surface area contributed by atoms with Crippen LogP contribution < -0.4 is 10.2 Å². The third kappa shape index (κ3) is 4.23. The molecule has 2 amide bonds. The van der Waals surface area contributed by atoms with Crippen LogP contribution in [0, 0.1) is 0 Å². The van der Waals surface area contributed by atoms with Crippen molar-refractivity contribution in [3.05, 3.63) is 54.1 Å². The number of thioether (sulfide) groups is 1. The van der Waals surface area contributed by atoms with E-state index in [1.807, 2.05) is 43.3 Å². The lowest BCUT2D eigenvalue weighted by molar-refractivity contribution is -0.117. The van der Waals surface area contributed by atoms with Crippen molar-refractivity contribution in [1.29, 1.82) is 0 Å². The molecule has 1 unspecified atom stereocenters. The molecule has 3 aromatic rings. The molecule has 1 aliphatic rings. The smallest absolute Gasteiger partial charge is 0.237 e. The van der Waals surface area contributed by atoms with Crippen LogP contribution in [0.25, 0.3) is 11.4 Å². The molecule has 30 heavy (non-hydrogen) atoms. The van der Waals surface area contributed by atoms with Gasteiger partial charge in [-0.1, -0.05) is 55.1 Å². The molecule has 0 saturated heterocycles. The van der Waals surface area contributed by atoms with Crippen LogP contribution in [0.4, 0.5) is 11.4 Å². The highest BCUT2D eigenvalue weighted by molar-refractivity contribution is 7.99. The fourth-order valence-electron chi connectivity index (χ4n) is 3.50. The van der Waals surface area contributed by atoms with Crippen LogP contribution in [-0.4, -0.2) is 38.8 Å². The molecule has 0 saturated carbocycles. The van der Waals surface area contributed by atoms with Crippen molar-refractivity contribution in [3.8, 4) is 11.4 Å². The number of fused-ring (bicyclic) bond motifs is 1. The fourth-order valence-corrected chi connectivity index (χ4v) is 4.16. The molecule has 1 aliphatic heterocycles. The minimum absolute atomic E-state index is 0.0879. The lowest BCUT2D eigenvalue weighted by Crippen LogP contribution is -2.40. The van der Waals surface area contributed by atoms with E-state index in [2.05, 4.69) is 39.6 Å². The van der Waals surface area contributed by atoms with Crippen LogP contribution in [0.1, 0.15) is 25.8 Å². The van der Waals surface area contributed by atoms with E-state index in [0.717, 1.165) is 12.0 Å². The van der Waals surface area contributed by atoms with E-state index >= 15 is 0 Å². The van der Waals surface area contributed by atoms with Gasteiger partial charge in [-0.2, -0.15) is 0 Å². The molecule has 4 rings (SSSR count). The summed E-state index contributed by atoms with van der Waals surface area (Å²) in [7, 11) is 0. The van der Waals surface area contributed by atoms with Crippen LogP contribution in [-0.2, 0) is 16.0 Å². The van der Waals surface area contributed by atoms with Crippen molar-refractivity contribution in [3.63, 3.8) is 0 Å². The van der Waals surface area contributed by atoms with Gasteiger partial charge in [-0.25, -0.2) is 4.98 Å². The van der Waals surface area contributed by atoms with Crippen molar-refractivity contribution < 1.29 is 9.59 Å². The van der Waals surface area contributed by atoms with E-state index in [1.54, 1.807) is 4.90 Å². The summed E-state index contributed by atoms with van der Waals surface area (Å²) in [5, 5.41) is 10.6. The summed E-state index contributed by atoms with van der Waals surface area (Å²) in [6.07, 6.45) is 1.24. The number of aromatic amines is 1. The number of aryl methyl sites for hydroxylation is 1.